The van der Waals surface area contributed by atoms with Gasteiger partial charge in [0.1, 0.15) is 12.6 Å². The topological polar surface area (TPSA) is 58.6 Å². The lowest BCUT2D eigenvalue weighted by atomic mass is 10.1. The number of rotatable bonds is 4. The summed E-state index contributed by atoms with van der Waals surface area (Å²) in [5, 5.41) is 2.61. The fourth-order valence-corrected chi connectivity index (χ4v) is 2.33. The SMILES string of the molecule is CCOCC(=O)N1c2ccccc2C[C@@H]1C(=O)NC. The van der Waals surface area contributed by atoms with Gasteiger partial charge in [0.2, 0.25) is 5.91 Å². The number of amides is 2. The van der Waals surface area contributed by atoms with Crippen LogP contribution in [0.1, 0.15) is 12.5 Å². The van der Waals surface area contributed by atoms with Crippen LogP contribution in [-0.2, 0) is 20.7 Å². The number of nitrogens with one attached hydrogen (secondary N) is 1. The van der Waals surface area contributed by atoms with Crippen LogP contribution in [-0.4, -0.2) is 38.1 Å². The number of likely N-dealkylation sites (N-methyl/N-ethyl adjacent to an activating group) is 1. The largest absolute Gasteiger partial charge is 0.372 e. The number of nitrogens with zero attached hydrogens (tertiary/aromatic N) is 1. The highest BCUT2D eigenvalue weighted by atomic mass is 16.5. The Morgan fingerprint density at radius 1 is 1.42 bits per heavy atom. The number of anilines is 1. The van der Waals surface area contributed by atoms with Crippen molar-refractivity contribution in [2.75, 3.05) is 25.2 Å². The molecule has 0 unspecified atom stereocenters. The molecule has 0 bridgehead atoms. The minimum atomic E-state index is -0.477. The second kappa shape index (κ2) is 5.84. The van der Waals surface area contributed by atoms with E-state index in [4.69, 9.17) is 4.74 Å². The summed E-state index contributed by atoms with van der Waals surface area (Å²) >= 11 is 0. The van der Waals surface area contributed by atoms with Gasteiger partial charge in [-0.3, -0.25) is 14.5 Å². The lowest BCUT2D eigenvalue weighted by Gasteiger charge is -2.24. The molecule has 0 aliphatic carbocycles. The zero-order valence-corrected chi connectivity index (χ0v) is 11.2. The van der Waals surface area contributed by atoms with Crippen molar-refractivity contribution >= 4 is 17.5 Å². The summed E-state index contributed by atoms with van der Waals surface area (Å²) in [6.45, 7) is 2.31. The quantitative estimate of drug-likeness (QED) is 0.870. The molecule has 1 atom stereocenters. The number of ether oxygens (including phenoxy) is 1. The molecule has 5 heteroatoms. The van der Waals surface area contributed by atoms with Crippen molar-refractivity contribution in [3.8, 4) is 0 Å². The van der Waals surface area contributed by atoms with E-state index in [9.17, 15) is 9.59 Å². The van der Waals surface area contributed by atoms with Gasteiger partial charge < -0.3 is 10.1 Å². The normalized spacial score (nSPS) is 17.2. The second-order valence-electron chi connectivity index (χ2n) is 4.36. The molecule has 0 radical (unpaired) electrons. The lowest BCUT2D eigenvalue weighted by molar-refractivity contribution is -0.128. The van der Waals surface area contributed by atoms with E-state index in [-0.39, 0.29) is 18.4 Å². The Morgan fingerprint density at radius 2 is 2.16 bits per heavy atom. The fraction of sp³-hybridized carbons (Fsp3) is 0.429. The minimum Gasteiger partial charge on any atom is -0.372 e. The number of carbonyl (C=O) groups is 2. The van der Waals surface area contributed by atoms with E-state index in [1.165, 1.54) is 0 Å². The van der Waals surface area contributed by atoms with E-state index in [0.29, 0.717) is 13.0 Å². The molecule has 0 saturated carbocycles. The van der Waals surface area contributed by atoms with Gasteiger partial charge in [0.25, 0.3) is 5.91 Å². The molecule has 19 heavy (non-hydrogen) atoms. The molecule has 1 aromatic carbocycles. The van der Waals surface area contributed by atoms with Crippen molar-refractivity contribution in [1.82, 2.24) is 5.32 Å². The van der Waals surface area contributed by atoms with Crippen LogP contribution in [0.5, 0.6) is 0 Å². The van der Waals surface area contributed by atoms with Crippen LogP contribution in [0.2, 0.25) is 0 Å². The minimum absolute atomic E-state index is 0.00166. The molecule has 0 saturated heterocycles. The van der Waals surface area contributed by atoms with Crippen LogP contribution in [0, 0.1) is 0 Å². The number of carbonyl (C=O) groups excluding carboxylic acids is 2. The predicted molar refractivity (Wildman–Crippen MR) is 72.0 cm³/mol. The van der Waals surface area contributed by atoms with Crippen LogP contribution < -0.4 is 10.2 Å². The number of fused-ring (bicyclic) bond motifs is 1. The molecular weight excluding hydrogens is 244 g/mol. The fourth-order valence-electron chi connectivity index (χ4n) is 2.33. The van der Waals surface area contributed by atoms with Gasteiger partial charge in [0.05, 0.1) is 0 Å². The Balaban J connectivity index is 2.28. The summed E-state index contributed by atoms with van der Waals surface area (Å²) in [6.07, 6.45) is 0.549. The van der Waals surface area contributed by atoms with Gasteiger partial charge in [-0.05, 0) is 18.6 Å². The standard InChI is InChI=1S/C14H18N2O3/c1-3-19-9-13(17)16-11-7-5-4-6-10(11)8-12(16)14(18)15-2/h4-7,12H,3,8-9H2,1-2H3,(H,15,18)/t12-/m1/s1. The Morgan fingerprint density at radius 3 is 2.84 bits per heavy atom. The summed E-state index contributed by atoms with van der Waals surface area (Å²) < 4.78 is 5.16. The van der Waals surface area contributed by atoms with Crippen molar-refractivity contribution in [3.63, 3.8) is 0 Å². The van der Waals surface area contributed by atoms with Gasteiger partial charge in [0, 0.05) is 25.8 Å². The smallest absolute Gasteiger partial charge is 0.253 e. The molecule has 0 fully saturated rings. The first-order valence-electron chi connectivity index (χ1n) is 6.38. The summed E-state index contributed by atoms with van der Waals surface area (Å²) in [4.78, 5) is 25.7. The summed E-state index contributed by atoms with van der Waals surface area (Å²) in [6, 6.07) is 7.11. The van der Waals surface area contributed by atoms with E-state index < -0.39 is 6.04 Å². The van der Waals surface area contributed by atoms with Crippen LogP contribution in [0.25, 0.3) is 0 Å². The average Bonchev–Trinajstić information content (AvgIpc) is 2.83. The van der Waals surface area contributed by atoms with Crippen molar-refractivity contribution in [2.45, 2.75) is 19.4 Å². The van der Waals surface area contributed by atoms with Crippen molar-refractivity contribution in [1.29, 1.82) is 0 Å². The molecule has 1 heterocycles. The zero-order valence-electron chi connectivity index (χ0n) is 11.2. The molecule has 1 N–H and O–H groups in total. The Hall–Kier alpha value is -1.88. The highest BCUT2D eigenvalue weighted by Gasteiger charge is 2.37. The number of hydrogen-bond acceptors (Lipinski definition) is 3. The summed E-state index contributed by atoms with van der Waals surface area (Å²) in [5.74, 6) is -0.332. The highest BCUT2D eigenvalue weighted by molar-refractivity contribution is 6.03. The zero-order chi connectivity index (χ0) is 13.8. The van der Waals surface area contributed by atoms with E-state index in [1.54, 1.807) is 11.9 Å². The molecule has 5 nitrogen and oxygen atoms in total. The summed E-state index contributed by atoms with van der Waals surface area (Å²) in [7, 11) is 1.58. The van der Waals surface area contributed by atoms with E-state index >= 15 is 0 Å². The Bertz CT molecular complexity index is 487. The molecule has 2 amide bonds. The third-order valence-corrected chi connectivity index (χ3v) is 3.22. The third-order valence-electron chi connectivity index (χ3n) is 3.22. The average molecular weight is 262 g/mol. The molecule has 0 aromatic heterocycles. The predicted octanol–water partition coefficient (Wildman–Crippen LogP) is 0.727. The Labute approximate surface area is 112 Å². The van der Waals surface area contributed by atoms with Gasteiger partial charge in [-0.25, -0.2) is 0 Å². The van der Waals surface area contributed by atoms with Crippen molar-refractivity contribution < 1.29 is 14.3 Å². The van der Waals surface area contributed by atoms with Gasteiger partial charge in [0.15, 0.2) is 0 Å². The maximum Gasteiger partial charge on any atom is 0.253 e. The maximum absolute atomic E-state index is 12.2. The number of para-hydroxylation sites is 1. The van der Waals surface area contributed by atoms with Crippen molar-refractivity contribution in [2.24, 2.45) is 0 Å². The van der Waals surface area contributed by atoms with E-state index in [0.717, 1.165) is 11.3 Å². The first-order valence-corrected chi connectivity index (χ1v) is 6.38. The molecule has 2 rings (SSSR count). The second-order valence-corrected chi connectivity index (χ2v) is 4.36. The first-order chi connectivity index (χ1) is 9.19. The molecule has 102 valence electrons. The molecular formula is C14H18N2O3. The maximum atomic E-state index is 12.2. The monoisotopic (exact) mass is 262 g/mol. The van der Waals surface area contributed by atoms with Gasteiger partial charge in [-0.15, -0.1) is 0 Å². The molecule has 1 aliphatic rings. The van der Waals surface area contributed by atoms with Crippen LogP contribution in [0.3, 0.4) is 0 Å². The summed E-state index contributed by atoms with van der Waals surface area (Å²) in [5.41, 5.74) is 1.82. The van der Waals surface area contributed by atoms with Gasteiger partial charge >= 0.3 is 0 Å². The van der Waals surface area contributed by atoms with Gasteiger partial charge in [-0.2, -0.15) is 0 Å². The van der Waals surface area contributed by atoms with Gasteiger partial charge in [-0.1, -0.05) is 18.2 Å². The third kappa shape index (κ3) is 2.61. The molecule has 0 spiro atoms. The van der Waals surface area contributed by atoms with E-state index in [2.05, 4.69) is 5.32 Å². The van der Waals surface area contributed by atoms with Crippen LogP contribution in [0.4, 0.5) is 5.69 Å². The van der Waals surface area contributed by atoms with Crippen molar-refractivity contribution in [3.05, 3.63) is 29.8 Å². The highest BCUT2D eigenvalue weighted by Crippen LogP contribution is 2.32. The Kier molecular flexibility index (Phi) is 4.16. The number of hydrogen-bond donors (Lipinski definition) is 1. The van der Waals surface area contributed by atoms with Crippen LogP contribution >= 0.6 is 0 Å². The first kappa shape index (κ1) is 13.5. The molecule has 1 aliphatic heterocycles. The van der Waals surface area contributed by atoms with E-state index in [1.807, 2.05) is 31.2 Å². The van der Waals surface area contributed by atoms with Crippen LogP contribution in [0.15, 0.2) is 24.3 Å². The lowest BCUT2D eigenvalue weighted by Crippen LogP contribution is -2.48. The molecule has 1 aromatic rings. The number of benzene rings is 1.